The number of carbonyl (C=O) groups excluding carboxylic acids is 1. The largest absolute Gasteiger partial charge is 0.457 e. The lowest BCUT2D eigenvalue weighted by molar-refractivity contribution is -0.121. The van der Waals surface area contributed by atoms with E-state index in [2.05, 4.69) is 6.58 Å². The minimum atomic E-state index is -0.149. The lowest BCUT2D eigenvalue weighted by atomic mass is 10.2. The van der Waals surface area contributed by atoms with Gasteiger partial charge in [-0.15, -0.1) is 6.58 Å². The van der Waals surface area contributed by atoms with Gasteiger partial charge in [-0.1, -0.05) is 59.3 Å². The highest BCUT2D eigenvalue weighted by Gasteiger charge is 2.31. The van der Waals surface area contributed by atoms with Crippen molar-refractivity contribution in [1.82, 2.24) is 4.90 Å². The highest BCUT2D eigenvalue weighted by Crippen LogP contribution is 2.36. The molecule has 1 aromatic carbocycles. The third kappa shape index (κ3) is 3.30. The summed E-state index contributed by atoms with van der Waals surface area (Å²) in [5.74, 6) is 0.971. The summed E-state index contributed by atoms with van der Waals surface area (Å²) in [5, 5.41) is 0.884. The number of rotatable bonds is 4. The van der Waals surface area contributed by atoms with Crippen molar-refractivity contribution in [3.05, 3.63) is 63.7 Å². The van der Waals surface area contributed by atoms with Gasteiger partial charge in [-0.05, 0) is 24.3 Å². The summed E-state index contributed by atoms with van der Waals surface area (Å²) in [5.41, 5.74) is 0.697. The molecule has 0 N–H and O–H groups in total. The number of carbonyl (C=O) groups is 1. The molecule has 0 bridgehead atoms. The number of hydrogen-bond acceptors (Lipinski definition) is 4. The molecule has 7 heteroatoms. The highest BCUT2D eigenvalue weighted by atomic mass is 35.5. The van der Waals surface area contributed by atoms with Gasteiger partial charge in [-0.2, -0.15) is 0 Å². The molecule has 122 valence electrons. The van der Waals surface area contributed by atoms with Crippen LogP contribution in [0.5, 0.6) is 0 Å². The van der Waals surface area contributed by atoms with E-state index in [4.69, 9.17) is 39.8 Å². The van der Waals surface area contributed by atoms with Gasteiger partial charge in [0.05, 0.1) is 15.0 Å². The first-order valence-electron chi connectivity index (χ1n) is 6.91. The van der Waals surface area contributed by atoms with Gasteiger partial charge < -0.3 is 4.42 Å². The Hall–Kier alpha value is -1.53. The average Bonchev–Trinajstić information content (AvgIpc) is 3.11. The first-order chi connectivity index (χ1) is 11.5. The van der Waals surface area contributed by atoms with Crippen LogP contribution >= 0.6 is 47.2 Å². The maximum atomic E-state index is 12.3. The molecular weight excluding hydrogens is 385 g/mol. The Morgan fingerprint density at radius 1 is 1.29 bits per heavy atom. The van der Waals surface area contributed by atoms with Crippen molar-refractivity contribution in [3.63, 3.8) is 0 Å². The third-order valence-corrected chi connectivity index (χ3v) is 5.50. The second kappa shape index (κ2) is 7.15. The molecule has 2 heterocycles. The quantitative estimate of drug-likeness (QED) is 0.380. The molecule has 0 atom stereocenters. The number of halogens is 2. The van der Waals surface area contributed by atoms with Gasteiger partial charge in [0.2, 0.25) is 0 Å². The van der Waals surface area contributed by atoms with Crippen molar-refractivity contribution in [3.8, 4) is 11.3 Å². The van der Waals surface area contributed by atoms with E-state index in [1.807, 2.05) is 6.07 Å². The molecule has 0 saturated carbocycles. The van der Waals surface area contributed by atoms with Gasteiger partial charge in [-0.25, -0.2) is 0 Å². The molecule has 3 nitrogen and oxygen atoms in total. The van der Waals surface area contributed by atoms with E-state index in [9.17, 15) is 4.79 Å². The van der Waals surface area contributed by atoms with Gasteiger partial charge in [0, 0.05) is 18.2 Å². The van der Waals surface area contributed by atoms with Crippen LogP contribution < -0.4 is 0 Å². The molecule has 1 aliphatic rings. The van der Waals surface area contributed by atoms with E-state index in [0.29, 0.717) is 42.9 Å². The Labute approximate surface area is 158 Å². The minimum absolute atomic E-state index is 0.149. The van der Waals surface area contributed by atoms with Crippen LogP contribution in [0.25, 0.3) is 17.4 Å². The number of thioether (sulfide) groups is 1. The Kier molecular flexibility index (Phi) is 5.15. The van der Waals surface area contributed by atoms with Crippen LogP contribution in [0.4, 0.5) is 0 Å². The van der Waals surface area contributed by atoms with E-state index in [1.54, 1.807) is 36.4 Å². The molecule has 24 heavy (non-hydrogen) atoms. The topological polar surface area (TPSA) is 33.5 Å². The number of amides is 1. The second-order valence-electron chi connectivity index (χ2n) is 4.88. The van der Waals surface area contributed by atoms with Crippen LogP contribution in [-0.2, 0) is 4.79 Å². The van der Waals surface area contributed by atoms with Crippen molar-refractivity contribution in [1.29, 1.82) is 0 Å². The molecule has 0 spiro atoms. The molecule has 0 aliphatic carbocycles. The van der Waals surface area contributed by atoms with Crippen molar-refractivity contribution >= 4 is 63.5 Å². The predicted molar refractivity (Wildman–Crippen MR) is 104 cm³/mol. The summed E-state index contributed by atoms with van der Waals surface area (Å²) in [4.78, 5) is 14.3. The normalized spacial score (nSPS) is 16.2. The Morgan fingerprint density at radius 3 is 2.83 bits per heavy atom. The van der Waals surface area contributed by atoms with Crippen LogP contribution in [0.2, 0.25) is 10.0 Å². The molecule has 0 unspecified atom stereocenters. The number of benzene rings is 1. The molecule has 2 aromatic rings. The highest BCUT2D eigenvalue weighted by molar-refractivity contribution is 8.26. The van der Waals surface area contributed by atoms with Crippen molar-refractivity contribution in [2.24, 2.45) is 0 Å². The lowest BCUT2D eigenvalue weighted by Gasteiger charge is -2.10. The first-order valence-corrected chi connectivity index (χ1v) is 8.90. The number of thiocarbonyl (C=S) groups is 1. The minimum Gasteiger partial charge on any atom is -0.457 e. The van der Waals surface area contributed by atoms with E-state index in [1.165, 1.54) is 16.7 Å². The van der Waals surface area contributed by atoms with E-state index >= 15 is 0 Å². The maximum Gasteiger partial charge on any atom is 0.266 e. The summed E-state index contributed by atoms with van der Waals surface area (Å²) >= 11 is 18.7. The zero-order valence-electron chi connectivity index (χ0n) is 12.3. The fourth-order valence-corrected chi connectivity index (χ4v) is 3.83. The van der Waals surface area contributed by atoms with Gasteiger partial charge in [0.1, 0.15) is 15.8 Å². The van der Waals surface area contributed by atoms with E-state index in [0.717, 1.165) is 0 Å². The van der Waals surface area contributed by atoms with Crippen molar-refractivity contribution in [2.75, 3.05) is 6.54 Å². The van der Waals surface area contributed by atoms with Crippen LogP contribution in [0, 0.1) is 0 Å². The SMILES string of the molecule is C=CCN1C(=O)/C(=C/c2ccc(-c3cccc(Cl)c3Cl)o2)SC1=S. The first kappa shape index (κ1) is 17.3. The maximum absolute atomic E-state index is 12.3. The lowest BCUT2D eigenvalue weighted by Crippen LogP contribution is -2.27. The van der Waals surface area contributed by atoms with Gasteiger partial charge in [0.25, 0.3) is 5.91 Å². The Morgan fingerprint density at radius 2 is 2.08 bits per heavy atom. The summed E-state index contributed by atoms with van der Waals surface area (Å²) in [6, 6.07) is 8.88. The zero-order valence-corrected chi connectivity index (χ0v) is 15.4. The number of furan rings is 1. The molecule has 3 rings (SSSR count). The van der Waals surface area contributed by atoms with Crippen LogP contribution in [0.15, 0.2) is 52.3 Å². The van der Waals surface area contributed by atoms with Gasteiger partial charge >= 0.3 is 0 Å². The molecule has 1 saturated heterocycles. The average molecular weight is 396 g/mol. The van der Waals surface area contributed by atoms with Crippen LogP contribution in [0.1, 0.15) is 5.76 Å². The van der Waals surface area contributed by atoms with Crippen LogP contribution in [-0.4, -0.2) is 21.7 Å². The smallest absolute Gasteiger partial charge is 0.266 e. The molecule has 1 amide bonds. The fourth-order valence-electron chi connectivity index (χ4n) is 2.18. The predicted octanol–water partition coefficient (Wildman–Crippen LogP) is 5.64. The van der Waals surface area contributed by atoms with Crippen molar-refractivity contribution < 1.29 is 9.21 Å². The van der Waals surface area contributed by atoms with E-state index in [-0.39, 0.29) is 5.91 Å². The molecule has 1 aliphatic heterocycles. The summed E-state index contributed by atoms with van der Waals surface area (Å²) < 4.78 is 6.29. The van der Waals surface area contributed by atoms with E-state index < -0.39 is 0 Å². The Bertz CT molecular complexity index is 873. The Balaban J connectivity index is 1.89. The summed E-state index contributed by atoms with van der Waals surface area (Å²) in [6.07, 6.45) is 3.31. The third-order valence-electron chi connectivity index (χ3n) is 3.30. The number of nitrogens with zero attached hydrogens (tertiary/aromatic N) is 1. The summed E-state index contributed by atoms with van der Waals surface area (Å²) in [6.45, 7) is 4.02. The second-order valence-corrected chi connectivity index (χ2v) is 7.35. The van der Waals surface area contributed by atoms with Gasteiger partial charge in [0.15, 0.2) is 0 Å². The molecular formula is C17H11Cl2NO2S2. The molecule has 1 aromatic heterocycles. The monoisotopic (exact) mass is 395 g/mol. The number of hydrogen-bond donors (Lipinski definition) is 0. The standard InChI is InChI=1S/C17H11Cl2NO2S2/c1-2-8-20-16(21)14(24-17(20)23)9-10-6-7-13(22-10)11-4-3-5-12(18)15(11)19/h2-7,9H,1,8H2/b14-9-. The van der Waals surface area contributed by atoms with Crippen molar-refractivity contribution in [2.45, 2.75) is 0 Å². The van der Waals surface area contributed by atoms with Gasteiger partial charge in [-0.3, -0.25) is 9.69 Å². The molecule has 0 radical (unpaired) electrons. The summed E-state index contributed by atoms with van der Waals surface area (Å²) in [7, 11) is 0. The molecule has 1 fully saturated rings. The fraction of sp³-hybridized carbons (Fsp3) is 0.0588. The zero-order chi connectivity index (χ0) is 17.3. The van der Waals surface area contributed by atoms with Crippen LogP contribution in [0.3, 0.4) is 0 Å².